The van der Waals surface area contributed by atoms with Crippen molar-refractivity contribution in [1.29, 1.82) is 5.26 Å². The van der Waals surface area contributed by atoms with E-state index in [9.17, 15) is 4.39 Å². The summed E-state index contributed by atoms with van der Waals surface area (Å²) in [4.78, 5) is 7.99. The smallest absolute Gasteiger partial charge is 0.222 e. The first-order valence-electron chi connectivity index (χ1n) is 5.77. The Morgan fingerprint density at radius 1 is 1.40 bits per heavy atom. The van der Waals surface area contributed by atoms with Crippen LogP contribution in [-0.2, 0) is 0 Å². The Kier molecular flexibility index (Phi) is 4.16. The molecule has 104 valence electrons. The molecule has 0 radical (unpaired) electrons. The summed E-state index contributed by atoms with van der Waals surface area (Å²) in [5, 5.41) is 9.27. The minimum Gasteiger partial charge on any atom is -0.383 e. The summed E-state index contributed by atoms with van der Waals surface area (Å²) >= 11 is 7.54. The molecule has 0 fully saturated rings. The molecule has 0 atom stereocenters. The van der Waals surface area contributed by atoms with E-state index in [1.54, 1.807) is 0 Å². The first-order valence-corrected chi connectivity index (χ1v) is 7.14. The molecule has 0 aliphatic rings. The average Bonchev–Trinajstić information content (AvgIpc) is 2.40. The van der Waals surface area contributed by atoms with Gasteiger partial charge in [-0.2, -0.15) is 10.2 Å². The quantitative estimate of drug-likeness (QED) is 0.845. The van der Waals surface area contributed by atoms with Crippen LogP contribution in [0.3, 0.4) is 0 Å². The van der Waals surface area contributed by atoms with Gasteiger partial charge in [0, 0.05) is 4.90 Å². The summed E-state index contributed by atoms with van der Waals surface area (Å²) in [6, 6.07) is 1.82. The molecule has 0 saturated heterocycles. The zero-order valence-electron chi connectivity index (χ0n) is 10.6. The highest BCUT2D eigenvalue weighted by atomic mass is 35.5. The lowest BCUT2D eigenvalue weighted by Crippen LogP contribution is -2.04. The zero-order chi connectivity index (χ0) is 14.9. The van der Waals surface area contributed by atoms with Crippen molar-refractivity contribution in [2.24, 2.45) is 0 Å². The van der Waals surface area contributed by atoms with Crippen molar-refractivity contribution >= 4 is 46.0 Å². The van der Waals surface area contributed by atoms with Crippen LogP contribution in [0.4, 0.5) is 16.2 Å². The van der Waals surface area contributed by atoms with Crippen molar-refractivity contribution in [3.8, 4) is 6.07 Å². The molecular formula is C12H11ClFN5S. The third-order valence-electron chi connectivity index (χ3n) is 2.59. The predicted molar refractivity (Wildman–Crippen MR) is 79.1 cm³/mol. The largest absolute Gasteiger partial charge is 0.383 e. The molecule has 0 aliphatic carbocycles. The molecule has 1 heterocycles. The lowest BCUT2D eigenvalue weighted by molar-refractivity contribution is 0.632. The SMILES string of the molecule is CCCSc1c(C#N)c(F)c2c(N)nc(N)nc2c1Cl. The molecule has 1 aromatic heterocycles. The summed E-state index contributed by atoms with van der Waals surface area (Å²) < 4.78 is 14.4. The number of aromatic nitrogens is 2. The monoisotopic (exact) mass is 311 g/mol. The number of nitrogen functional groups attached to an aromatic ring is 2. The molecule has 0 saturated carbocycles. The Morgan fingerprint density at radius 3 is 2.70 bits per heavy atom. The van der Waals surface area contributed by atoms with Crippen molar-refractivity contribution in [2.45, 2.75) is 18.2 Å². The van der Waals surface area contributed by atoms with Gasteiger partial charge in [0.2, 0.25) is 5.95 Å². The van der Waals surface area contributed by atoms with Gasteiger partial charge in [-0.1, -0.05) is 18.5 Å². The van der Waals surface area contributed by atoms with Gasteiger partial charge in [-0.3, -0.25) is 0 Å². The molecule has 20 heavy (non-hydrogen) atoms. The van der Waals surface area contributed by atoms with E-state index in [1.807, 2.05) is 13.0 Å². The maximum atomic E-state index is 14.4. The Bertz CT molecular complexity index is 728. The number of nitrogens with two attached hydrogens (primary N) is 2. The van der Waals surface area contributed by atoms with Crippen LogP contribution in [0.15, 0.2) is 4.90 Å². The van der Waals surface area contributed by atoms with Crippen molar-refractivity contribution in [1.82, 2.24) is 9.97 Å². The number of rotatable bonds is 3. The van der Waals surface area contributed by atoms with E-state index in [2.05, 4.69) is 9.97 Å². The number of anilines is 2. The van der Waals surface area contributed by atoms with Crippen molar-refractivity contribution in [3.63, 3.8) is 0 Å². The normalized spacial score (nSPS) is 10.7. The number of hydrogen-bond donors (Lipinski definition) is 2. The van der Waals surface area contributed by atoms with Gasteiger partial charge in [0.05, 0.1) is 10.4 Å². The number of fused-ring (bicyclic) bond motifs is 1. The standard InChI is InChI=1S/C12H11ClFN5S/c1-2-3-20-10-5(4-15)8(14)6-9(7(10)13)18-12(17)19-11(6)16/h2-3H2,1H3,(H4,16,17,18,19). The fourth-order valence-electron chi connectivity index (χ4n) is 1.75. The van der Waals surface area contributed by atoms with Crippen LogP contribution in [0.5, 0.6) is 0 Å². The number of hydrogen-bond acceptors (Lipinski definition) is 6. The second-order valence-corrected chi connectivity index (χ2v) is 5.47. The summed E-state index contributed by atoms with van der Waals surface area (Å²) in [5.41, 5.74) is 11.2. The van der Waals surface area contributed by atoms with Gasteiger partial charge in [-0.25, -0.2) is 9.37 Å². The third kappa shape index (κ3) is 2.32. The Hall–Kier alpha value is -1.78. The van der Waals surface area contributed by atoms with Crippen LogP contribution in [0.25, 0.3) is 10.9 Å². The Balaban J connectivity index is 2.87. The topological polar surface area (TPSA) is 102 Å². The average molecular weight is 312 g/mol. The van der Waals surface area contributed by atoms with Gasteiger partial charge in [-0.05, 0) is 12.2 Å². The van der Waals surface area contributed by atoms with Crippen LogP contribution in [0.2, 0.25) is 5.02 Å². The summed E-state index contributed by atoms with van der Waals surface area (Å²) in [6.07, 6.45) is 0.861. The lowest BCUT2D eigenvalue weighted by Gasteiger charge is -2.12. The van der Waals surface area contributed by atoms with Gasteiger partial charge in [0.15, 0.2) is 5.82 Å². The number of nitriles is 1. The molecule has 5 nitrogen and oxygen atoms in total. The highest BCUT2D eigenvalue weighted by Crippen LogP contribution is 2.39. The fraction of sp³-hybridized carbons (Fsp3) is 0.250. The van der Waals surface area contributed by atoms with E-state index >= 15 is 0 Å². The van der Waals surface area contributed by atoms with Gasteiger partial charge >= 0.3 is 0 Å². The Morgan fingerprint density at radius 2 is 2.10 bits per heavy atom. The minimum atomic E-state index is -0.761. The first-order chi connectivity index (χ1) is 9.51. The van der Waals surface area contributed by atoms with E-state index in [-0.39, 0.29) is 33.3 Å². The molecule has 2 rings (SSSR count). The van der Waals surface area contributed by atoms with Crippen LogP contribution in [-0.4, -0.2) is 15.7 Å². The lowest BCUT2D eigenvalue weighted by atomic mass is 10.1. The van der Waals surface area contributed by atoms with Gasteiger partial charge in [-0.15, -0.1) is 11.8 Å². The highest BCUT2D eigenvalue weighted by Gasteiger charge is 2.22. The fourth-order valence-corrected chi connectivity index (χ4v) is 3.06. The summed E-state index contributed by atoms with van der Waals surface area (Å²) in [5.74, 6) is -0.277. The number of nitrogens with zero attached hydrogens (tertiary/aromatic N) is 3. The summed E-state index contributed by atoms with van der Waals surface area (Å²) in [7, 11) is 0. The van der Waals surface area contributed by atoms with E-state index in [4.69, 9.17) is 28.3 Å². The van der Waals surface area contributed by atoms with Crippen LogP contribution >= 0.6 is 23.4 Å². The second kappa shape index (κ2) is 5.69. The molecular weight excluding hydrogens is 301 g/mol. The van der Waals surface area contributed by atoms with Gasteiger partial charge in [0.25, 0.3) is 0 Å². The maximum absolute atomic E-state index is 14.4. The van der Waals surface area contributed by atoms with E-state index < -0.39 is 5.82 Å². The van der Waals surface area contributed by atoms with E-state index in [0.717, 1.165) is 6.42 Å². The molecule has 0 aliphatic heterocycles. The van der Waals surface area contributed by atoms with Crippen molar-refractivity contribution in [3.05, 3.63) is 16.4 Å². The predicted octanol–water partition coefficient (Wildman–Crippen LogP) is 2.96. The highest BCUT2D eigenvalue weighted by molar-refractivity contribution is 7.99. The van der Waals surface area contributed by atoms with Crippen LogP contribution in [0, 0.1) is 17.1 Å². The molecule has 0 amide bonds. The van der Waals surface area contributed by atoms with Crippen molar-refractivity contribution in [2.75, 3.05) is 17.2 Å². The van der Waals surface area contributed by atoms with Gasteiger partial charge < -0.3 is 11.5 Å². The molecule has 4 N–H and O–H groups in total. The number of thioether (sulfide) groups is 1. The molecule has 1 aromatic carbocycles. The molecule has 0 bridgehead atoms. The van der Waals surface area contributed by atoms with Crippen LogP contribution < -0.4 is 11.5 Å². The van der Waals surface area contributed by atoms with E-state index in [1.165, 1.54) is 11.8 Å². The van der Waals surface area contributed by atoms with Crippen molar-refractivity contribution < 1.29 is 4.39 Å². The van der Waals surface area contributed by atoms with Gasteiger partial charge in [0.1, 0.15) is 23.0 Å². The first kappa shape index (κ1) is 14.6. The number of halogens is 2. The number of benzene rings is 1. The molecule has 0 spiro atoms. The molecule has 2 aromatic rings. The third-order valence-corrected chi connectivity index (χ3v) is 4.38. The van der Waals surface area contributed by atoms with E-state index in [0.29, 0.717) is 10.6 Å². The Labute approximate surface area is 124 Å². The molecule has 8 heteroatoms. The second-order valence-electron chi connectivity index (χ2n) is 3.98. The summed E-state index contributed by atoms with van der Waals surface area (Å²) in [6.45, 7) is 1.97. The zero-order valence-corrected chi connectivity index (χ0v) is 12.1. The molecule has 0 unspecified atom stereocenters. The maximum Gasteiger partial charge on any atom is 0.222 e. The van der Waals surface area contributed by atoms with Crippen LogP contribution in [0.1, 0.15) is 18.9 Å². The minimum absolute atomic E-state index is 0.0680.